The second-order valence-corrected chi connectivity index (χ2v) is 8.86. The SMILES string of the molecule is Cc1csc(Sc2ccc(NC(=O)C3CCN(c4ncccn4)CC3)cc2)n1. The molecule has 0 spiro atoms. The number of benzene rings is 1. The van der Waals surface area contributed by atoms with Gasteiger partial charge < -0.3 is 10.2 Å². The van der Waals surface area contributed by atoms with E-state index < -0.39 is 0 Å². The number of nitrogens with zero attached hydrogens (tertiary/aromatic N) is 4. The lowest BCUT2D eigenvalue weighted by Gasteiger charge is -2.31. The average molecular weight is 412 g/mol. The molecule has 6 nitrogen and oxygen atoms in total. The van der Waals surface area contributed by atoms with Crippen molar-refractivity contribution in [1.29, 1.82) is 0 Å². The van der Waals surface area contributed by atoms with Gasteiger partial charge in [0.15, 0.2) is 4.34 Å². The molecular weight excluding hydrogens is 390 g/mol. The molecule has 144 valence electrons. The summed E-state index contributed by atoms with van der Waals surface area (Å²) in [4.78, 5) is 28.9. The van der Waals surface area contributed by atoms with E-state index in [1.54, 1.807) is 35.5 Å². The molecule has 3 heterocycles. The molecule has 3 aromatic rings. The third-order valence-electron chi connectivity index (χ3n) is 4.63. The molecule has 0 bridgehead atoms. The molecule has 1 amide bonds. The molecule has 1 aliphatic rings. The Balaban J connectivity index is 1.29. The Labute approximate surface area is 172 Å². The normalized spacial score (nSPS) is 14.8. The Morgan fingerprint density at radius 1 is 1.18 bits per heavy atom. The van der Waals surface area contributed by atoms with Crippen LogP contribution in [-0.4, -0.2) is 33.9 Å². The molecule has 0 atom stereocenters. The predicted octanol–water partition coefficient (Wildman–Crippen LogP) is 4.25. The van der Waals surface area contributed by atoms with Crippen molar-refractivity contribution < 1.29 is 4.79 Å². The van der Waals surface area contributed by atoms with Gasteiger partial charge in [0, 0.05) is 53.1 Å². The number of piperidine rings is 1. The van der Waals surface area contributed by atoms with Gasteiger partial charge >= 0.3 is 0 Å². The number of amides is 1. The van der Waals surface area contributed by atoms with Crippen molar-refractivity contribution in [3.8, 4) is 0 Å². The Kier molecular flexibility index (Phi) is 5.87. The van der Waals surface area contributed by atoms with Crippen molar-refractivity contribution in [2.45, 2.75) is 29.0 Å². The van der Waals surface area contributed by atoms with E-state index in [1.165, 1.54) is 0 Å². The molecule has 1 saturated heterocycles. The van der Waals surface area contributed by atoms with Crippen LogP contribution in [0.1, 0.15) is 18.5 Å². The topological polar surface area (TPSA) is 71.0 Å². The third-order valence-corrected chi connectivity index (χ3v) is 6.69. The molecule has 0 saturated carbocycles. The van der Waals surface area contributed by atoms with Crippen LogP contribution in [0.2, 0.25) is 0 Å². The maximum Gasteiger partial charge on any atom is 0.227 e. The second kappa shape index (κ2) is 8.70. The first-order valence-corrected chi connectivity index (χ1v) is 10.9. The van der Waals surface area contributed by atoms with Gasteiger partial charge in [-0.2, -0.15) is 0 Å². The molecule has 1 N–H and O–H groups in total. The van der Waals surface area contributed by atoms with E-state index >= 15 is 0 Å². The van der Waals surface area contributed by atoms with E-state index in [9.17, 15) is 4.79 Å². The largest absolute Gasteiger partial charge is 0.341 e. The Morgan fingerprint density at radius 2 is 1.89 bits per heavy atom. The first kappa shape index (κ1) is 18.9. The number of hydrogen-bond acceptors (Lipinski definition) is 7. The van der Waals surface area contributed by atoms with Gasteiger partial charge in [0.1, 0.15) is 0 Å². The Morgan fingerprint density at radius 3 is 2.54 bits per heavy atom. The van der Waals surface area contributed by atoms with Crippen LogP contribution >= 0.6 is 23.1 Å². The van der Waals surface area contributed by atoms with Crippen LogP contribution in [0, 0.1) is 12.8 Å². The van der Waals surface area contributed by atoms with Crippen LogP contribution in [0.5, 0.6) is 0 Å². The van der Waals surface area contributed by atoms with Crippen molar-refractivity contribution in [1.82, 2.24) is 15.0 Å². The zero-order valence-corrected chi connectivity index (χ0v) is 17.2. The van der Waals surface area contributed by atoms with E-state index in [-0.39, 0.29) is 11.8 Å². The van der Waals surface area contributed by atoms with Crippen molar-refractivity contribution in [3.63, 3.8) is 0 Å². The summed E-state index contributed by atoms with van der Waals surface area (Å²) in [5.74, 6) is 0.849. The standard InChI is InChI=1S/C20H21N5OS2/c1-14-13-27-20(23-14)28-17-5-3-16(4-6-17)24-18(26)15-7-11-25(12-8-15)19-21-9-2-10-22-19/h2-6,9-10,13,15H,7-8,11-12H2,1H3,(H,24,26). The molecule has 1 aromatic carbocycles. The minimum atomic E-state index is 0.0207. The minimum absolute atomic E-state index is 0.0207. The third kappa shape index (κ3) is 4.69. The highest BCUT2D eigenvalue weighted by atomic mass is 32.2. The van der Waals surface area contributed by atoms with Crippen LogP contribution < -0.4 is 10.2 Å². The van der Waals surface area contributed by atoms with Crippen molar-refractivity contribution in [2.24, 2.45) is 5.92 Å². The number of nitrogens with one attached hydrogen (secondary N) is 1. The van der Waals surface area contributed by atoms with Gasteiger partial charge in [0.2, 0.25) is 11.9 Å². The Bertz CT molecular complexity index is 921. The van der Waals surface area contributed by atoms with Gasteiger partial charge in [-0.1, -0.05) is 11.8 Å². The second-order valence-electron chi connectivity index (χ2n) is 6.68. The smallest absolute Gasteiger partial charge is 0.227 e. The van der Waals surface area contributed by atoms with Crippen LogP contribution in [0.3, 0.4) is 0 Å². The lowest BCUT2D eigenvalue weighted by Crippen LogP contribution is -2.38. The first-order valence-electron chi connectivity index (χ1n) is 9.20. The summed E-state index contributed by atoms with van der Waals surface area (Å²) in [5.41, 5.74) is 1.87. The van der Waals surface area contributed by atoms with Crippen LogP contribution in [0.25, 0.3) is 0 Å². The van der Waals surface area contributed by atoms with Crippen LogP contribution in [0.15, 0.2) is 57.3 Å². The van der Waals surface area contributed by atoms with Gasteiger partial charge in [0.05, 0.1) is 0 Å². The van der Waals surface area contributed by atoms with E-state index in [0.717, 1.165) is 52.5 Å². The minimum Gasteiger partial charge on any atom is -0.341 e. The molecule has 0 radical (unpaired) electrons. The fourth-order valence-electron chi connectivity index (χ4n) is 3.13. The fourth-order valence-corrected chi connectivity index (χ4v) is 4.94. The lowest BCUT2D eigenvalue weighted by atomic mass is 9.96. The summed E-state index contributed by atoms with van der Waals surface area (Å²) >= 11 is 3.29. The summed E-state index contributed by atoms with van der Waals surface area (Å²) in [7, 11) is 0. The predicted molar refractivity (Wildman–Crippen MR) is 113 cm³/mol. The first-order chi connectivity index (χ1) is 13.7. The van der Waals surface area contributed by atoms with Gasteiger partial charge in [0.25, 0.3) is 0 Å². The Hall–Kier alpha value is -2.45. The van der Waals surface area contributed by atoms with E-state index in [1.807, 2.05) is 42.6 Å². The average Bonchev–Trinajstić information content (AvgIpc) is 3.15. The summed E-state index contributed by atoms with van der Waals surface area (Å²) < 4.78 is 1.03. The van der Waals surface area contributed by atoms with Gasteiger partial charge in [-0.25, -0.2) is 15.0 Å². The summed E-state index contributed by atoms with van der Waals surface area (Å²) in [6.07, 6.45) is 5.11. The quantitative estimate of drug-likeness (QED) is 0.677. The summed E-state index contributed by atoms with van der Waals surface area (Å²) in [6.45, 7) is 3.59. The van der Waals surface area contributed by atoms with Crippen molar-refractivity contribution >= 4 is 40.6 Å². The number of carbonyl (C=O) groups excluding carboxylic acids is 1. The van der Waals surface area contributed by atoms with Crippen LogP contribution in [-0.2, 0) is 4.79 Å². The number of hydrogen-bond donors (Lipinski definition) is 1. The molecular formula is C20H21N5OS2. The summed E-state index contributed by atoms with van der Waals surface area (Å²) in [6, 6.07) is 9.76. The van der Waals surface area contributed by atoms with Crippen molar-refractivity contribution in [3.05, 3.63) is 53.8 Å². The van der Waals surface area contributed by atoms with Gasteiger partial charge in [-0.15, -0.1) is 11.3 Å². The highest BCUT2D eigenvalue weighted by Gasteiger charge is 2.26. The molecule has 1 aliphatic heterocycles. The summed E-state index contributed by atoms with van der Waals surface area (Å²) in [5, 5.41) is 5.10. The molecule has 0 aliphatic carbocycles. The van der Waals surface area contributed by atoms with E-state index in [4.69, 9.17) is 0 Å². The van der Waals surface area contributed by atoms with Gasteiger partial charge in [-0.05, 0) is 50.1 Å². The lowest BCUT2D eigenvalue weighted by molar-refractivity contribution is -0.120. The molecule has 4 rings (SSSR count). The molecule has 0 unspecified atom stereocenters. The van der Waals surface area contributed by atoms with E-state index in [2.05, 4.69) is 25.2 Å². The number of aryl methyl sites for hydroxylation is 1. The highest BCUT2D eigenvalue weighted by molar-refractivity contribution is 8.01. The molecule has 8 heteroatoms. The van der Waals surface area contributed by atoms with Crippen LogP contribution in [0.4, 0.5) is 11.6 Å². The maximum atomic E-state index is 12.6. The number of aromatic nitrogens is 3. The number of carbonyl (C=O) groups is 1. The number of rotatable bonds is 5. The molecule has 28 heavy (non-hydrogen) atoms. The zero-order chi connectivity index (χ0) is 19.3. The zero-order valence-electron chi connectivity index (χ0n) is 15.5. The maximum absolute atomic E-state index is 12.6. The van der Waals surface area contributed by atoms with E-state index in [0.29, 0.717) is 0 Å². The number of thiazole rings is 1. The van der Waals surface area contributed by atoms with Gasteiger partial charge in [-0.3, -0.25) is 4.79 Å². The highest BCUT2D eigenvalue weighted by Crippen LogP contribution is 2.31. The monoisotopic (exact) mass is 411 g/mol. The van der Waals surface area contributed by atoms with Crippen molar-refractivity contribution in [2.75, 3.05) is 23.3 Å². The fraction of sp³-hybridized carbons (Fsp3) is 0.300. The molecule has 1 fully saturated rings. The number of anilines is 2. The molecule has 2 aromatic heterocycles.